The van der Waals surface area contributed by atoms with Gasteiger partial charge < -0.3 is 28.5 Å². The first-order valence-electron chi connectivity index (χ1n) is 40.1. The van der Waals surface area contributed by atoms with Crippen molar-refractivity contribution >= 4 is 17.9 Å². The summed E-state index contributed by atoms with van der Waals surface area (Å²) in [6.07, 6.45) is 97.7. The number of ether oxygens (including phenoxy) is 4. The van der Waals surface area contributed by atoms with E-state index in [9.17, 15) is 19.5 Å². The first-order chi connectivity index (χ1) is 45.6. The molecule has 0 rings (SSSR count). The highest BCUT2D eigenvalue weighted by molar-refractivity contribution is 5.71. The van der Waals surface area contributed by atoms with E-state index >= 15 is 0 Å². The van der Waals surface area contributed by atoms with Crippen LogP contribution in [-0.2, 0) is 33.3 Å². The van der Waals surface area contributed by atoms with Crippen molar-refractivity contribution in [2.75, 3.05) is 47.5 Å². The van der Waals surface area contributed by atoms with E-state index in [-0.39, 0.29) is 38.2 Å². The van der Waals surface area contributed by atoms with Gasteiger partial charge in [0.05, 0.1) is 34.4 Å². The second-order valence-corrected chi connectivity index (χ2v) is 28.3. The standard InChI is InChI=1S/C84H153NO8/c1-6-8-10-12-14-16-18-20-22-24-26-28-30-32-34-36-38-40-41-43-45-47-49-51-53-55-57-59-61-63-65-67-69-71-73-75-82(87)93-80(79-92-84(83(88)89)90-77-76-85(3,4)5)78-91-81(86)74-72-70-68-66-64-62-60-58-56-54-52-50-48-46-44-42-39-37-35-33-31-29-27-25-23-21-19-17-15-13-11-9-7-2/h8,10,14,16,19-22,25-28,80,84H,6-7,9,11-13,15,17-18,23-24,29-79H2,1-5H3/p+1/b10-8-,16-14-,21-19-,22-20-,27-25-,28-26-. The Hall–Kier alpha value is -3.27. The molecule has 0 heterocycles. The molecule has 2 atom stereocenters. The number of rotatable bonds is 75. The number of aliphatic carboxylic acids is 1. The summed E-state index contributed by atoms with van der Waals surface area (Å²) in [7, 11) is 6.00. The van der Waals surface area contributed by atoms with Crippen molar-refractivity contribution in [3.63, 3.8) is 0 Å². The number of carbonyl (C=O) groups is 3. The maximum absolute atomic E-state index is 13.0. The lowest BCUT2D eigenvalue weighted by molar-refractivity contribution is -0.870. The lowest BCUT2D eigenvalue weighted by Crippen LogP contribution is -2.40. The number of hydrogen-bond donors (Lipinski definition) is 1. The number of quaternary nitrogens is 1. The van der Waals surface area contributed by atoms with Gasteiger partial charge >= 0.3 is 17.9 Å². The zero-order valence-corrected chi connectivity index (χ0v) is 62.2. The summed E-state index contributed by atoms with van der Waals surface area (Å²) in [5.74, 6) is -1.98. The summed E-state index contributed by atoms with van der Waals surface area (Å²) < 4.78 is 23.1. The molecular weight excluding hydrogens is 1150 g/mol. The topological polar surface area (TPSA) is 108 Å². The first kappa shape index (κ1) is 89.7. The molecule has 0 aromatic carbocycles. The van der Waals surface area contributed by atoms with Crippen molar-refractivity contribution in [1.29, 1.82) is 0 Å². The third kappa shape index (κ3) is 76.0. The quantitative estimate of drug-likeness (QED) is 0.0211. The van der Waals surface area contributed by atoms with Gasteiger partial charge in [0.2, 0.25) is 0 Å². The molecule has 0 aliphatic rings. The van der Waals surface area contributed by atoms with Gasteiger partial charge in [-0.15, -0.1) is 0 Å². The van der Waals surface area contributed by atoms with Gasteiger partial charge in [-0.25, -0.2) is 4.79 Å². The monoisotopic (exact) mass is 1310 g/mol. The predicted octanol–water partition coefficient (Wildman–Crippen LogP) is 25.6. The summed E-state index contributed by atoms with van der Waals surface area (Å²) in [5.41, 5.74) is 0. The fraction of sp³-hybridized carbons (Fsp3) is 0.821. The van der Waals surface area contributed by atoms with Crippen LogP contribution >= 0.6 is 0 Å². The average Bonchev–Trinajstić information content (AvgIpc) is 3.74. The highest BCUT2D eigenvalue weighted by Crippen LogP contribution is 2.19. The molecule has 0 aliphatic heterocycles. The van der Waals surface area contributed by atoms with Crippen LogP contribution in [-0.4, -0.2) is 87.4 Å². The normalized spacial score (nSPS) is 13.0. The molecule has 542 valence electrons. The molecule has 2 unspecified atom stereocenters. The van der Waals surface area contributed by atoms with Gasteiger partial charge in [0.25, 0.3) is 6.29 Å². The third-order valence-corrected chi connectivity index (χ3v) is 17.9. The molecule has 0 saturated heterocycles. The first-order valence-corrected chi connectivity index (χ1v) is 40.1. The molecule has 9 heteroatoms. The van der Waals surface area contributed by atoms with Gasteiger partial charge in [0, 0.05) is 12.8 Å². The van der Waals surface area contributed by atoms with Crippen LogP contribution in [0.25, 0.3) is 0 Å². The molecule has 9 nitrogen and oxygen atoms in total. The second-order valence-electron chi connectivity index (χ2n) is 28.3. The van der Waals surface area contributed by atoms with Gasteiger partial charge in [-0.3, -0.25) is 9.59 Å². The minimum atomic E-state index is -1.51. The molecule has 0 spiro atoms. The van der Waals surface area contributed by atoms with Gasteiger partial charge in [-0.2, -0.15) is 0 Å². The van der Waals surface area contributed by atoms with Gasteiger partial charge in [0.1, 0.15) is 13.2 Å². The maximum atomic E-state index is 13.0. The summed E-state index contributed by atoms with van der Waals surface area (Å²) in [5, 5.41) is 9.78. The fourth-order valence-electron chi connectivity index (χ4n) is 11.9. The van der Waals surface area contributed by atoms with Gasteiger partial charge in [-0.1, -0.05) is 363 Å². The molecule has 93 heavy (non-hydrogen) atoms. The smallest absolute Gasteiger partial charge is 0.361 e. The summed E-state index contributed by atoms with van der Waals surface area (Å²) in [6.45, 7) is 4.82. The number of likely N-dealkylation sites (N-methyl/N-ethyl adjacent to an activating group) is 1. The second kappa shape index (κ2) is 74.5. The highest BCUT2D eigenvalue weighted by atomic mass is 16.7. The minimum absolute atomic E-state index is 0.177. The number of allylic oxidation sites excluding steroid dienone is 12. The average molecular weight is 1310 g/mol. The number of unbranched alkanes of at least 4 members (excludes halogenated alkanes) is 48. The minimum Gasteiger partial charge on any atom is -0.477 e. The molecule has 0 fully saturated rings. The van der Waals surface area contributed by atoms with Crippen LogP contribution in [0.4, 0.5) is 0 Å². The van der Waals surface area contributed by atoms with Crippen molar-refractivity contribution < 1.29 is 42.9 Å². The third-order valence-electron chi connectivity index (χ3n) is 17.9. The van der Waals surface area contributed by atoms with E-state index in [1.54, 1.807) is 0 Å². The van der Waals surface area contributed by atoms with E-state index in [1.807, 2.05) is 21.1 Å². The van der Waals surface area contributed by atoms with Crippen LogP contribution in [0.5, 0.6) is 0 Å². The number of nitrogens with zero attached hydrogens (tertiary/aromatic N) is 1. The van der Waals surface area contributed by atoms with E-state index < -0.39 is 18.4 Å². The summed E-state index contributed by atoms with van der Waals surface area (Å²) in [4.78, 5) is 37.7. The Kier molecular flexibility index (Phi) is 71.9. The summed E-state index contributed by atoms with van der Waals surface area (Å²) >= 11 is 0. The van der Waals surface area contributed by atoms with Crippen LogP contribution in [0.3, 0.4) is 0 Å². The molecule has 0 aromatic heterocycles. The Bertz CT molecular complexity index is 1760. The fourth-order valence-corrected chi connectivity index (χ4v) is 11.9. The number of carboxylic acid groups (broad SMARTS) is 1. The Balaban J connectivity index is 3.98. The van der Waals surface area contributed by atoms with Crippen molar-refractivity contribution in [1.82, 2.24) is 0 Å². The number of hydrogen-bond acceptors (Lipinski definition) is 7. The van der Waals surface area contributed by atoms with E-state index in [1.165, 1.54) is 289 Å². The van der Waals surface area contributed by atoms with Crippen molar-refractivity contribution in [3.05, 3.63) is 72.9 Å². The lowest BCUT2D eigenvalue weighted by Gasteiger charge is -2.25. The number of esters is 2. The van der Waals surface area contributed by atoms with Crippen LogP contribution in [0, 0.1) is 0 Å². The number of carboxylic acids is 1. The van der Waals surface area contributed by atoms with Gasteiger partial charge in [-0.05, 0) is 83.5 Å². The van der Waals surface area contributed by atoms with Crippen LogP contribution in [0.1, 0.15) is 386 Å². The summed E-state index contributed by atoms with van der Waals surface area (Å²) in [6, 6.07) is 0. The van der Waals surface area contributed by atoms with E-state index in [4.69, 9.17) is 18.9 Å². The van der Waals surface area contributed by atoms with Crippen LogP contribution in [0.2, 0.25) is 0 Å². The van der Waals surface area contributed by atoms with E-state index in [2.05, 4.69) is 86.8 Å². The molecule has 0 bridgehead atoms. The largest absolute Gasteiger partial charge is 0.477 e. The predicted molar refractivity (Wildman–Crippen MR) is 401 cm³/mol. The zero-order valence-electron chi connectivity index (χ0n) is 62.2. The van der Waals surface area contributed by atoms with Crippen LogP contribution in [0.15, 0.2) is 72.9 Å². The zero-order chi connectivity index (χ0) is 67.5. The van der Waals surface area contributed by atoms with Crippen molar-refractivity contribution in [2.24, 2.45) is 0 Å². The SMILES string of the molecule is CC/C=C\C/C=C\C/C=C\C/C=C\CCCCCCCCCCCCCCCCCCCCCCCCC(=O)OC(COC(=O)CCCCCCCCCCCCCCCCCCCCCCC/C=C\C/C=C\CCCCCCC)COC(OCC[N+](C)(C)C)C(=O)O. The molecule has 0 aromatic rings. The molecule has 0 radical (unpaired) electrons. The molecule has 0 saturated carbocycles. The number of carbonyl (C=O) groups excluding carboxylic acids is 2. The highest BCUT2D eigenvalue weighted by Gasteiger charge is 2.25. The van der Waals surface area contributed by atoms with Crippen molar-refractivity contribution in [3.8, 4) is 0 Å². The van der Waals surface area contributed by atoms with Crippen LogP contribution < -0.4 is 0 Å². The lowest BCUT2D eigenvalue weighted by atomic mass is 10.0. The molecular formula is C84H154NO8+. The Morgan fingerprint density at radius 2 is 0.613 bits per heavy atom. The molecule has 0 amide bonds. The van der Waals surface area contributed by atoms with E-state index in [0.29, 0.717) is 17.4 Å². The van der Waals surface area contributed by atoms with Gasteiger partial charge in [0.15, 0.2) is 6.10 Å². The Morgan fingerprint density at radius 3 is 0.914 bits per heavy atom. The molecule has 0 aliphatic carbocycles. The Morgan fingerprint density at radius 1 is 0.333 bits per heavy atom. The molecule has 1 N–H and O–H groups in total. The Labute approximate surface area is 577 Å². The van der Waals surface area contributed by atoms with E-state index in [0.717, 1.165) is 70.6 Å². The van der Waals surface area contributed by atoms with Crippen molar-refractivity contribution in [2.45, 2.75) is 399 Å². The maximum Gasteiger partial charge on any atom is 0.361 e.